The molecule has 0 aliphatic carbocycles. The third kappa shape index (κ3) is 6.23. The van der Waals surface area contributed by atoms with Gasteiger partial charge in [0.2, 0.25) is 0 Å². The van der Waals surface area contributed by atoms with Gasteiger partial charge in [0, 0.05) is 33.4 Å². The molecule has 0 unspecified atom stereocenters. The molecule has 2 nitrogen and oxygen atoms in total. The van der Waals surface area contributed by atoms with Gasteiger partial charge in [-0.05, 0) is 134 Å². The van der Waals surface area contributed by atoms with Crippen molar-refractivity contribution in [2.45, 2.75) is 6.92 Å². The van der Waals surface area contributed by atoms with Crippen molar-refractivity contribution in [1.82, 2.24) is 0 Å². The second kappa shape index (κ2) is 14.4. The molecule has 1 heterocycles. The van der Waals surface area contributed by atoms with Gasteiger partial charge < -0.3 is 9.32 Å². The summed E-state index contributed by atoms with van der Waals surface area (Å²) in [5.41, 5.74) is 15.7. The highest BCUT2D eigenvalue weighted by Crippen LogP contribution is 2.42. The van der Waals surface area contributed by atoms with Crippen LogP contribution in [0.4, 0.5) is 17.1 Å². The van der Waals surface area contributed by atoms with Crippen LogP contribution in [0.5, 0.6) is 0 Å². The van der Waals surface area contributed by atoms with Crippen LogP contribution in [0.3, 0.4) is 0 Å². The summed E-state index contributed by atoms with van der Waals surface area (Å²) in [6.07, 6.45) is 0. The van der Waals surface area contributed by atoms with Crippen LogP contribution in [0.1, 0.15) is 5.56 Å². The van der Waals surface area contributed by atoms with Crippen LogP contribution in [0.15, 0.2) is 223 Å². The lowest BCUT2D eigenvalue weighted by atomic mass is 9.93. The fourth-order valence-corrected chi connectivity index (χ4v) is 8.79. The van der Waals surface area contributed by atoms with Crippen molar-refractivity contribution in [1.29, 1.82) is 0 Å². The Kier molecular flexibility index (Phi) is 8.41. The molecule has 10 aromatic carbocycles. The molecular weight excluding hydrogens is 715 g/mol. The largest absolute Gasteiger partial charge is 0.455 e. The van der Waals surface area contributed by atoms with E-state index < -0.39 is 0 Å². The number of hydrogen-bond acceptors (Lipinski definition) is 2. The Morgan fingerprint density at radius 2 is 0.780 bits per heavy atom. The van der Waals surface area contributed by atoms with Crippen molar-refractivity contribution >= 4 is 60.5 Å². The number of nitrogens with zero attached hydrogens (tertiary/aromatic N) is 1. The fourth-order valence-electron chi connectivity index (χ4n) is 8.79. The van der Waals surface area contributed by atoms with Gasteiger partial charge in [-0.3, -0.25) is 0 Å². The zero-order valence-electron chi connectivity index (χ0n) is 32.6. The molecule has 0 bridgehead atoms. The predicted octanol–water partition coefficient (Wildman–Crippen LogP) is 16.3. The molecule has 0 saturated heterocycles. The zero-order chi connectivity index (χ0) is 39.3. The summed E-state index contributed by atoms with van der Waals surface area (Å²) in [5.74, 6) is 0. The van der Waals surface area contributed by atoms with Gasteiger partial charge in [0.1, 0.15) is 11.2 Å². The fraction of sp³-hybridized carbons (Fsp3) is 0.0175. The lowest BCUT2D eigenvalue weighted by molar-refractivity contribution is 0.670. The average molecular weight is 754 g/mol. The molecule has 0 spiro atoms. The van der Waals surface area contributed by atoms with Crippen LogP contribution in [-0.4, -0.2) is 0 Å². The normalized spacial score (nSPS) is 11.5. The lowest BCUT2D eigenvalue weighted by Gasteiger charge is -2.26. The molecule has 0 N–H and O–H groups in total. The zero-order valence-corrected chi connectivity index (χ0v) is 32.6. The van der Waals surface area contributed by atoms with Crippen molar-refractivity contribution in [3.63, 3.8) is 0 Å². The summed E-state index contributed by atoms with van der Waals surface area (Å²) in [6, 6.07) is 78.8. The van der Waals surface area contributed by atoms with E-state index in [1.54, 1.807) is 0 Å². The maximum atomic E-state index is 6.47. The van der Waals surface area contributed by atoms with Crippen molar-refractivity contribution in [3.05, 3.63) is 224 Å². The minimum atomic E-state index is 0.910. The Balaban J connectivity index is 0.989. The molecule has 0 radical (unpaired) electrons. The first-order valence-corrected chi connectivity index (χ1v) is 20.2. The lowest BCUT2D eigenvalue weighted by Crippen LogP contribution is -2.09. The molecule has 11 rings (SSSR count). The number of anilines is 3. The summed E-state index contributed by atoms with van der Waals surface area (Å²) in [7, 11) is 0. The Bertz CT molecular complexity index is 3290. The van der Waals surface area contributed by atoms with E-state index in [4.69, 9.17) is 4.42 Å². The van der Waals surface area contributed by atoms with E-state index in [-0.39, 0.29) is 0 Å². The number of fused-ring (bicyclic) bond motifs is 6. The van der Waals surface area contributed by atoms with Crippen LogP contribution < -0.4 is 4.90 Å². The standard InChI is InChI=1S/C57H39NO/c1-38-35-54(57-55(36-38)52-17-9-10-18-56(52)59-57)44-27-33-48(34-28-44)58(46-29-23-42(24-30-46)41-21-19-40(20-22-41)39-11-3-2-4-12-39)47-31-25-43(26-32-47)53-37-45-13-5-6-14-49(45)50-15-7-8-16-51(50)53/h2-37H,1H3. The van der Waals surface area contributed by atoms with E-state index in [1.807, 2.05) is 12.1 Å². The van der Waals surface area contributed by atoms with Gasteiger partial charge in [-0.25, -0.2) is 0 Å². The molecule has 1 aromatic heterocycles. The first-order chi connectivity index (χ1) is 29.1. The Morgan fingerprint density at radius 1 is 0.322 bits per heavy atom. The topological polar surface area (TPSA) is 16.4 Å². The molecule has 0 saturated carbocycles. The SMILES string of the molecule is Cc1cc(-c2ccc(N(c3ccc(-c4ccc(-c5ccccc5)cc4)cc3)c3ccc(-c4cc5ccccc5c5ccccc45)cc3)cc2)c2oc3ccccc3c2c1. The minimum Gasteiger partial charge on any atom is -0.455 e. The van der Waals surface area contributed by atoms with Gasteiger partial charge in [0.05, 0.1) is 0 Å². The highest BCUT2D eigenvalue weighted by atomic mass is 16.3. The van der Waals surface area contributed by atoms with Crippen molar-refractivity contribution < 1.29 is 4.42 Å². The van der Waals surface area contributed by atoms with Crippen LogP contribution in [0, 0.1) is 6.92 Å². The van der Waals surface area contributed by atoms with E-state index in [0.29, 0.717) is 0 Å². The molecule has 0 fully saturated rings. The highest BCUT2D eigenvalue weighted by molar-refractivity contribution is 6.14. The van der Waals surface area contributed by atoms with E-state index in [2.05, 4.69) is 218 Å². The molecule has 0 aliphatic heterocycles. The molecule has 0 amide bonds. The molecule has 59 heavy (non-hydrogen) atoms. The Morgan fingerprint density at radius 3 is 1.41 bits per heavy atom. The maximum absolute atomic E-state index is 6.47. The minimum absolute atomic E-state index is 0.910. The Labute approximate surface area is 343 Å². The van der Waals surface area contributed by atoms with Crippen LogP contribution in [-0.2, 0) is 0 Å². The van der Waals surface area contributed by atoms with Crippen LogP contribution in [0.2, 0.25) is 0 Å². The molecule has 0 atom stereocenters. The molecule has 11 aromatic rings. The summed E-state index contributed by atoms with van der Waals surface area (Å²) >= 11 is 0. The van der Waals surface area contributed by atoms with Gasteiger partial charge >= 0.3 is 0 Å². The first kappa shape index (κ1) is 34.6. The van der Waals surface area contributed by atoms with Gasteiger partial charge in [-0.1, -0.05) is 158 Å². The summed E-state index contributed by atoms with van der Waals surface area (Å²) in [5, 5.41) is 7.35. The number of hydrogen-bond donors (Lipinski definition) is 0. The van der Waals surface area contributed by atoms with E-state index >= 15 is 0 Å². The average Bonchev–Trinajstić information content (AvgIpc) is 3.68. The van der Waals surface area contributed by atoms with Gasteiger partial charge in [-0.15, -0.1) is 0 Å². The molecule has 278 valence electrons. The number of furan rings is 1. The van der Waals surface area contributed by atoms with E-state index in [0.717, 1.165) is 50.1 Å². The number of rotatable bonds is 7. The second-order valence-electron chi connectivity index (χ2n) is 15.4. The summed E-state index contributed by atoms with van der Waals surface area (Å²) in [6.45, 7) is 2.16. The van der Waals surface area contributed by atoms with Crippen LogP contribution >= 0.6 is 0 Å². The third-order valence-corrected chi connectivity index (χ3v) is 11.7. The number of benzene rings is 10. The van der Waals surface area contributed by atoms with E-state index in [1.165, 1.54) is 60.5 Å². The molecular formula is C57H39NO. The Hall–Kier alpha value is -7.68. The monoisotopic (exact) mass is 753 g/mol. The quantitative estimate of drug-likeness (QED) is 0.151. The molecule has 2 heteroatoms. The maximum Gasteiger partial charge on any atom is 0.143 e. The summed E-state index contributed by atoms with van der Waals surface area (Å²) < 4.78 is 6.47. The van der Waals surface area contributed by atoms with Gasteiger partial charge in [0.25, 0.3) is 0 Å². The van der Waals surface area contributed by atoms with Gasteiger partial charge in [-0.2, -0.15) is 0 Å². The highest BCUT2D eigenvalue weighted by Gasteiger charge is 2.17. The predicted molar refractivity (Wildman–Crippen MR) is 250 cm³/mol. The third-order valence-electron chi connectivity index (χ3n) is 11.7. The first-order valence-electron chi connectivity index (χ1n) is 20.2. The van der Waals surface area contributed by atoms with Crippen LogP contribution in [0.25, 0.3) is 88.0 Å². The van der Waals surface area contributed by atoms with E-state index in [9.17, 15) is 0 Å². The molecule has 0 aliphatic rings. The summed E-state index contributed by atoms with van der Waals surface area (Å²) in [4.78, 5) is 2.35. The van der Waals surface area contributed by atoms with Crippen molar-refractivity contribution in [3.8, 4) is 44.5 Å². The van der Waals surface area contributed by atoms with Crippen molar-refractivity contribution in [2.75, 3.05) is 4.90 Å². The second-order valence-corrected chi connectivity index (χ2v) is 15.4. The smallest absolute Gasteiger partial charge is 0.143 e. The number of aryl methyl sites for hydroxylation is 1. The van der Waals surface area contributed by atoms with Gasteiger partial charge in [0.15, 0.2) is 0 Å². The van der Waals surface area contributed by atoms with Crippen molar-refractivity contribution in [2.24, 2.45) is 0 Å². The number of para-hydroxylation sites is 1.